The molecule has 4 heteroatoms. The molecule has 0 amide bonds. The van der Waals surface area contributed by atoms with Crippen molar-refractivity contribution in [3.05, 3.63) is 0 Å². The molecule has 1 heterocycles. The monoisotopic (exact) mass is 104 g/mol. The van der Waals surface area contributed by atoms with Crippen molar-refractivity contribution in [2.45, 2.75) is 6.92 Å². The maximum absolute atomic E-state index is 4.88. The molecule has 34 valence electrons. The summed E-state index contributed by atoms with van der Waals surface area (Å²) in [5, 5.41) is 0. The second-order valence-electron chi connectivity index (χ2n) is 0.849. The van der Waals surface area contributed by atoms with Gasteiger partial charge in [-0.1, -0.05) is 0 Å². The highest BCUT2D eigenvalue weighted by molar-refractivity contribution is 7.54. The van der Waals surface area contributed by atoms with Gasteiger partial charge in [0.1, 0.15) is 0 Å². The van der Waals surface area contributed by atoms with E-state index in [0.29, 0.717) is 0 Å². The van der Waals surface area contributed by atoms with Crippen LogP contribution in [0.1, 0.15) is 6.92 Å². The minimum atomic E-state index is -0.601. The molecular weight excluding hydrogens is 99.0 g/mol. The highest BCUT2D eigenvalue weighted by Crippen LogP contribution is 2.54. The van der Waals surface area contributed by atoms with Crippen LogP contribution in [0.4, 0.5) is 0 Å². The third kappa shape index (κ3) is 0.994. The maximum Gasteiger partial charge on any atom is 0.328 e. The first-order valence-corrected chi connectivity index (χ1v) is 2.94. The lowest BCUT2D eigenvalue weighted by Crippen LogP contribution is -1.69. The molecule has 0 saturated heterocycles. The molecule has 0 bridgehead atoms. The summed E-state index contributed by atoms with van der Waals surface area (Å²) in [6.45, 7) is 2.67. The van der Waals surface area contributed by atoms with Crippen LogP contribution in [0.25, 0.3) is 0 Å². The lowest BCUT2D eigenvalue weighted by Gasteiger charge is -1.83. The van der Waals surface area contributed by atoms with Crippen LogP contribution < -0.4 is 0 Å². The topological polar surface area (TPSA) is 34.0 Å². The van der Waals surface area contributed by atoms with E-state index in [2.05, 4.69) is 9.77 Å². The Morgan fingerprint density at radius 3 is 2.50 bits per heavy atom. The highest BCUT2D eigenvalue weighted by atomic mass is 31.2. The molecule has 0 spiro atoms. The molecule has 0 saturated carbocycles. The van der Waals surface area contributed by atoms with Crippen molar-refractivity contribution in [3.8, 4) is 0 Å². The molecule has 1 aliphatic heterocycles. The van der Waals surface area contributed by atoms with E-state index >= 15 is 0 Å². The Hall–Kier alpha value is -0.0100. The van der Waals surface area contributed by atoms with Crippen LogP contribution in [-0.4, -0.2) is 6.61 Å². The lowest BCUT2D eigenvalue weighted by atomic mass is 10.9. The van der Waals surface area contributed by atoms with Gasteiger partial charge in [0.05, 0.1) is 6.61 Å². The fourth-order valence-electron chi connectivity index (χ4n) is 0.183. The highest BCUT2D eigenvalue weighted by Gasteiger charge is 2.15. The fourth-order valence-corrected chi connectivity index (χ4v) is 0.648. The number of nitrogens with zero attached hydrogens (tertiary/aromatic N) is 2. The largest absolute Gasteiger partial charge is 0.328 e. The van der Waals surface area contributed by atoms with E-state index in [1.165, 1.54) is 0 Å². The zero-order chi connectivity index (χ0) is 4.41. The van der Waals surface area contributed by atoms with Gasteiger partial charge >= 0.3 is 8.45 Å². The molecule has 6 heavy (non-hydrogen) atoms. The second kappa shape index (κ2) is 1.63. The van der Waals surface area contributed by atoms with Gasteiger partial charge in [-0.15, -0.1) is 9.77 Å². The van der Waals surface area contributed by atoms with Gasteiger partial charge in [-0.05, 0) is 6.92 Å². The summed E-state index contributed by atoms with van der Waals surface area (Å²) in [6.07, 6.45) is 0. The molecule has 0 aliphatic carbocycles. The Kier molecular flexibility index (Phi) is 1.13. The van der Waals surface area contributed by atoms with Crippen LogP contribution in [0, 0.1) is 0 Å². The van der Waals surface area contributed by atoms with E-state index < -0.39 is 8.45 Å². The lowest BCUT2D eigenvalue weighted by molar-refractivity contribution is 0.386. The quantitative estimate of drug-likeness (QED) is 0.491. The molecule has 0 radical (unpaired) electrons. The van der Waals surface area contributed by atoms with Gasteiger partial charge in [0.25, 0.3) is 0 Å². The zero-order valence-corrected chi connectivity index (χ0v) is 4.35. The van der Waals surface area contributed by atoms with Crippen molar-refractivity contribution >= 4 is 8.45 Å². The van der Waals surface area contributed by atoms with E-state index in [1.54, 1.807) is 0 Å². The third-order valence-corrected chi connectivity index (χ3v) is 1.22. The van der Waals surface area contributed by atoms with Crippen LogP contribution in [0.5, 0.6) is 0 Å². The van der Waals surface area contributed by atoms with E-state index in [-0.39, 0.29) is 0 Å². The summed E-state index contributed by atoms with van der Waals surface area (Å²) in [7, 11) is -0.601. The van der Waals surface area contributed by atoms with Crippen LogP contribution in [0.3, 0.4) is 0 Å². The van der Waals surface area contributed by atoms with Gasteiger partial charge in [-0.3, -0.25) is 0 Å². The Morgan fingerprint density at radius 2 is 2.33 bits per heavy atom. The molecule has 3 nitrogen and oxygen atoms in total. The van der Waals surface area contributed by atoms with Crippen LogP contribution in [0.2, 0.25) is 0 Å². The van der Waals surface area contributed by atoms with Crippen LogP contribution in [0.15, 0.2) is 9.77 Å². The first-order chi connectivity index (χ1) is 2.93. The van der Waals surface area contributed by atoms with Gasteiger partial charge in [0.15, 0.2) is 0 Å². The number of hydrogen-bond donors (Lipinski definition) is 0. The summed E-state index contributed by atoms with van der Waals surface area (Å²) in [6, 6.07) is 0. The summed E-state index contributed by atoms with van der Waals surface area (Å²) < 4.78 is 4.88. The van der Waals surface area contributed by atoms with Gasteiger partial charge in [-0.25, -0.2) is 0 Å². The summed E-state index contributed by atoms with van der Waals surface area (Å²) in [5.41, 5.74) is 0. The van der Waals surface area contributed by atoms with Crippen molar-refractivity contribution in [1.82, 2.24) is 0 Å². The van der Waals surface area contributed by atoms with Crippen LogP contribution in [-0.2, 0) is 4.52 Å². The minimum absolute atomic E-state index is 0.601. The zero-order valence-electron chi connectivity index (χ0n) is 3.46. The number of rotatable bonds is 2. The van der Waals surface area contributed by atoms with Crippen molar-refractivity contribution in [2.24, 2.45) is 9.77 Å². The van der Waals surface area contributed by atoms with Gasteiger partial charge < -0.3 is 4.52 Å². The molecule has 0 fully saturated rings. The van der Waals surface area contributed by atoms with Crippen molar-refractivity contribution in [1.29, 1.82) is 0 Å². The SMILES string of the molecule is CCOP1N=N1. The fraction of sp³-hybridized carbons (Fsp3) is 1.00. The molecular formula is C2H5N2OP. The van der Waals surface area contributed by atoms with Crippen molar-refractivity contribution in [2.75, 3.05) is 6.61 Å². The molecule has 0 aromatic heterocycles. The van der Waals surface area contributed by atoms with Gasteiger partial charge in [0.2, 0.25) is 0 Å². The number of hydrogen-bond acceptors (Lipinski definition) is 3. The van der Waals surface area contributed by atoms with Gasteiger partial charge in [0, 0.05) is 0 Å². The second-order valence-corrected chi connectivity index (χ2v) is 1.97. The molecule has 0 N–H and O–H groups in total. The van der Waals surface area contributed by atoms with E-state index in [0.717, 1.165) is 6.61 Å². The average molecular weight is 104 g/mol. The smallest absolute Gasteiger partial charge is 0.319 e. The summed E-state index contributed by atoms with van der Waals surface area (Å²) in [5.74, 6) is 0. The first kappa shape index (κ1) is 4.16. The molecule has 1 rings (SSSR count). The molecule has 0 aromatic carbocycles. The Bertz CT molecular complexity index is 67.9. The summed E-state index contributed by atoms with van der Waals surface area (Å²) >= 11 is 0. The van der Waals surface area contributed by atoms with E-state index in [4.69, 9.17) is 4.52 Å². The Morgan fingerprint density at radius 1 is 1.67 bits per heavy atom. The molecule has 0 unspecified atom stereocenters. The van der Waals surface area contributed by atoms with Crippen LogP contribution >= 0.6 is 8.45 Å². The molecule has 1 aliphatic rings. The average Bonchev–Trinajstić information content (AvgIpc) is 2.21. The van der Waals surface area contributed by atoms with E-state index in [1.807, 2.05) is 6.92 Å². The molecule has 0 atom stereocenters. The predicted octanol–water partition coefficient (Wildman–Crippen LogP) is 1.72. The summed E-state index contributed by atoms with van der Waals surface area (Å²) in [4.78, 5) is 7.12. The Balaban J connectivity index is 1.90. The maximum atomic E-state index is 4.88. The minimum Gasteiger partial charge on any atom is -0.319 e. The molecule has 0 aromatic rings. The van der Waals surface area contributed by atoms with E-state index in [9.17, 15) is 0 Å². The third-order valence-electron chi connectivity index (χ3n) is 0.407. The van der Waals surface area contributed by atoms with Crippen molar-refractivity contribution in [3.63, 3.8) is 0 Å². The normalized spacial score (nSPS) is 18.8. The van der Waals surface area contributed by atoms with Gasteiger partial charge in [-0.2, -0.15) is 0 Å². The standard InChI is InChI=1S/C2H5N2OP/c1-2-5-6-3-4-6/h2H2,1H3. The van der Waals surface area contributed by atoms with Crippen molar-refractivity contribution < 1.29 is 4.52 Å². The Labute approximate surface area is 37.4 Å². The first-order valence-electron chi connectivity index (χ1n) is 1.78. The predicted molar refractivity (Wildman–Crippen MR) is 23.4 cm³/mol.